The number of oxazole rings is 1. The summed E-state index contributed by atoms with van der Waals surface area (Å²) in [5.41, 5.74) is 3.13. The van der Waals surface area contributed by atoms with Crippen LogP contribution in [0, 0.1) is 25.6 Å². The number of β-amino-alcohol motifs (C(OH)–C–C–N with tert-alkyl or cyclic N) is 1. The number of likely N-dealkylation sites (tertiary alicyclic amines) is 1. The van der Waals surface area contributed by atoms with Gasteiger partial charge in [0.05, 0.1) is 23.1 Å². The van der Waals surface area contributed by atoms with Crippen molar-refractivity contribution in [1.82, 2.24) is 20.1 Å². The second-order valence-corrected chi connectivity index (χ2v) is 7.27. The smallest absolute Gasteiger partial charge is 0.229 e. The van der Waals surface area contributed by atoms with Gasteiger partial charge in [-0.3, -0.25) is 10.00 Å². The molecule has 1 fully saturated rings. The average Bonchev–Trinajstić information content (AvgIpc) is 3.30. The summed E-state index contributed by atoms with van der Waals surface area (Å²) < 4.78 is 19.7. The highest BCUT2D eigenvalue weighted by Crippen LogP contribution is 2.27. The fraction of sp³-hybridized carbons (Fsp3) is 0.400. The highest BCUT2D eigenvalue weighted by Gasteiger charge is 2.32. The molecule has 1 aliphatic heterocycles. The lowest BCUT2D eigenvalue weighted by atomic mass is 10.0. The molecular weight excluding hydrogens is 347 g/mol. The zero-order chi connectivity index (χ0) is 19.0. The van der Waals surface area contributed by atoms with E-state index in [9.17, 15) is 9.50 Å². The van der Waals surface area contributed by atoms with Gasteiger partial charge in [0, 0.05) is 31.2 Å². The number of nitrogens with zero attached hydrogens (tertiary/aromatic N) is 3. The number of benzene rings is 1. The summed E-state index contributed by atoms with van der Waals surface area (Å²) in [6.45, 7) is 5.71. The SMILES string of the molecule is Cc1cc(C[C@@H]2CN(Cc3nc(-c4ccccc4F)oc3C)C[C@@H]2O)n[nH]1. The lowest BCUT2D eigenvalue weighted by molar-refractivity contribution is 0.140. The van der Waals surface area contributed by atoms with E-state index in [1.54, 1.807) is 18.2 Å². The lowest BCUT2D eigenvalue weighted by Crippen LogP contribution is -2.22. The van der Waals surface area contributed by atoms with Gasteiger partial charge in [-0.2, -0.15) is 5.10 Å². The first-order valence-electron chi connectivity index (χ1n) is 9.12. The van der Waals surface area contributed by atoms with Crippen LogP contribution in [0.5, 0.6) is 0 Å². The van der Waals surface area contributed by atoms with Crippen molar-refractivity contribution in [3.05, 3.63) is 59.0 Å². The molecular formula is C20H23FN4O2. The molecule has 0 amide bonds. The van der Waals surface area contributed by atoms with Crippen molar-refractivity contribution in [2.24, 2.45) is 5.92 Å². The van der Waals surface area contributed by atoms with E-state index in [1.165, 1.54) is 6.07 Å². The fourth-order valence-corrected chi connectivity index (χ4v) is 3.66. The summed E-state index contributed by atoms with van der Waals surface area (Å²) >= 11 is 0. The molecule has 2 atom stereocenters. The van der Waals surface area contributed by atoms with Gasteiger partial charge in [0.1, 0.15) is 11.6 Å². The highest BCUT2D eigenvalue weighted by atomic mass is 19.1. The first-order chi connectivity index (χ1) is 13.0. The van der Waals surface area contributed by atoms with E-state index in [-0.39, 0.29) is 11.7 Å². The quantitative estimate of drug-likeness (QED) is 0.722. The number of aromatic nitrogens is 3. The Kier molecular flexibility index (Phi) is 4.80. The van der Waals surface area contributed by atoms with Gasteiger partial charge < -0.3 is 9.52 Å². The second-order valence-electron chi connectivity index (χ2n) is 7.27. The molecule has 0 aliphatic carbocycles. The molecule has 6 nitrogen and oxygen atoms in total. The van der Waals surface area contributed by atoms with Crippen LogP contribution in [0.15, 0.2) is 34.7 Å². The molecule has 2 aromatic heterocycles. The molecule has 1 aliphatic rings. The van der Waals surface area contributed by atoms with Crippen molar-refractivity contribution < 1.29 is 13.9 Å². The predicted molar refractivity (Wildman–Crippen MR) is 98.4 cm³/mol. The number of halogens is 1. The van der Waals surface area contributed by atoms with Gasteiger partial charge in [-0.15, -0.1) is 0 Å². The van der Waals surface area contributed by atoms with Crippen LogP contribution in [0.25, 0.3) is 11.5 Å². The largest absolute Gasteiger partial charge is 0.441 e. The zero-order valence-corrected chi connectivity index (χ0v) is 15.4. The van der Waals surface area contributed by atoms with E-state index in [4.69, 9.17) is 4.42 Å². The Bertz CT molecular complexity index is 936. The molecule has 27 heavy (non-hydrogen) atoms. The van der Waals surface area contributed by atoms with Crippen LogP contribution in [-0.4, -0.2) is 44.4 Å². The van der Waals surface area contributed by atoms with Crippen molar-refractivity contribution in [2.45, 2.75) is 32.9 Å². The van der Waals surface area contributed by atoms with Crippen LogP contribution < -0.4 is 0 Å². The maximum atomic E-state index is 14.0. The van der Waals surface area contributed by atoms with Gasteiger partial charge in [0.25, 0.3) is 0 Å². The van der Waals surface area contributed by atoms with Crippen LogP contribution >= 0.6 is 0 Å². The highest BCUT2D eigenvalue weighted by molar-refractivity contribution is 5.54. The maximum absolute atomic E-state index is 14.0. The molecule has 3 heterocycles. The molecule has 0 unspecified atom stereocenters. The number of H-pyrrole nitrogens is 1. The summed E-state index contributed by atoms with van der Waals surface area (Å²) in [6, 6.07) is 8.47. The minimum atomic E-state index is -0.403. The molecule has 4 rings (SSSR count). The Morgan fingerprint density at radius 1 is 1.30 bits per heavy atom. The van der Waals surface area contributed by atoms with E-state index in [0.29, 0.717) is 30.3 Å². The molecule has 1 aromatic carbocycles. The molecule has 0 radical (unpaired) electrons. The molecule has 142 valence electrons. The molecule has 0 spiro atoms. The van der Waals surface area contributed by atoms with Crippen LogP contribution in [0.4, 0.5) is 4.39 Å². The molecule has 1 saturated heterocycles. The Balaban J connectivity index is 1.45. The zero-order valence-electron chi connectivity index (χ0n) is 15.4. The first kappa shape index (κ1) is 17.9. The summed E-state index contributed by atoms with van der Waals surface area (Å²) in [7, 11) is 0. The molecule has 0 saturated carbocycles. The van der Waals surface area contributed by atoms with Crippen molar-refractivity contribution in [3.63, 3.8) is 0 Å². The van der Waals surface area contributed by atoms with E-state index in [2.05, 4.69) is 20.1 Å². The Hall–Kier alpha value is -2.51. The van der Waals surface area contributed by atoms with Gasteiger partial charge >= 0.3 is 0 Å². The number of hydrogen-bond donors (Lipinski definition) is 2. The summed E-state index contributed by atoms with van der Waals surface area (Å²) in [5.74, 6) is 0.750. The molecule has 7 heteroatoms. The summed E-state index contributed by atoms with van der Waals surface area (Å²) in [6.07, 6.45) is 0.334. The van der Waals surface area contributed by atoms with E-state index < -0.39 is 6.10 Å². The predicted octanol–water partition coefficient (Wildman–Crippen LogP) is 2.86. The van der Waals surface area contributed by atoms with Gasteiger partial charge in [-0.25, -0.2) is 9.37 Å². The van der Waals surface area contributed by atoms with Gasteiger partial charge in [0.2, 0.25) is 5.89 Å². The topological polar surface area (TPSA) is 78.2 Å². The van der Waals surface area contributed by atoms with E-state index in [0.717, 1.165) is 30.0 Å². The molecule has 0 bridgehead atoms. The Morgan fingerprint density at radius 3 is 2.85 bits per heavy atom. The molecule has 3 aromatic rings. The van der Waals surface area contributed by atoms with Crippen molar-refractivity contribution in [3.8, 4) is 11.5 Å². The van der Waals surface area contributed by atoms with Gasteiger partial charge in [-0.1, -0.05) is 12.1 Å². The van der Waals surface area contributed by atoms with E-state index >= 15 is 0 Å². The van der Waals surface area contributed by atoms with Crippen LogP contribution in [0.3, 0.4) is 0 Å². The maximum Gasteiger partial charge on any atom is 0.229 e. The Morgan fingerprint density at radius 2 is 2.11 bits per heavy atom. The van der Waals surface area contributed by atoms with Crippen molar-refractivity contribution in [2.75, 3.05) is 13.1 Å². The van der Waals surface area contributed by atoms with Gasteiger partial charge in [0.15, 0.2) is 0 Å². The van der Waals surface area contributed by atoms with Crippen LogP contribution in [0.1, 0.15) is 22.8 Å². The van der Waals surface area contributed by atoms with Crippen LogP contribution in [0.2, 0.25) is 0 Å². The van der Waals surface area contributed by atoms with Crippen molar-refractivity contribution >= 4 is 0 Å². The number of rotatable bonds is 5. The second kappa shape index (κ2) is 7.25. The van der Waals surface area contributed by atoms with E-state index in [1.807, 2.05) is 19.9 Å². The average molecular weight is 370 g/mol. The Labute approximate surface area is 157 Å². The minimum absolute atomic E-state index is 0.131. The number of aliphatic hydroxyl groups is 1. The number of hydrogen-bond acceptors (Lipinski definition) is 5. The van der Waals surface area contributed by atoms with Gasteiger partial charge in [-0.05, 0) is 38.5 Å². The molecule has 2 N–H and O–H groups in total. The normalized spacial score (nSPS) is 20.4. The first-order valence-corrected chi connectivity index (χ1v) is 9.12. The van der Waals surface area contributed by atoms with Crippen LogP contribution in [-0.2, 0) is 13.0 Å². The minimum Gasteiger partial charge on any atom is -0.441 e. The van der Waals surface area contributed by atoms with Crippen molar-refractivity contribution in [1.29, 1.82) is 0 Å². The summed E-state index contributed by atoms with van der Waals surface area (Å²) in [4.78, 5) is 6.65. The third kappa shape index (κ3) is 3.79. The number of nitrogens with one attached hydrogen (secondary N) is 1. The number of aliphatic hydroxyl groups excluding tert-OH is 1. The lowest BCUT2D eigenvalue weighted by Gasteiger charge is -2.13. The summed E-state index contributed by atoms with van der Waals surface area (Å²) in [5, 5.41) is 17.6. The monoisotopic (exact) mass is 370 g/mol. The fourth-order valence-electron chi connectivity index (χ4n) is 3.66. The third-order valence-corrected chi connectivity index (χ3v) is 5.08. The third-order valence-electron chi connectivity index (χ3n) is 5.08. The number of aryl methyl sites for hydroxylation is 2. The number of aromatic amines is 1. The standard InChI is InChI=1S/C20H23FN4O2/c1-12-7-15(24-23-12)8-14-9-25(11-19(14)26)10-18-13(2)27-20(22-18)16-5-3-4-6-17(16)21/h3-7,14,19,26H,8-11H2,1-2H3,(H,23,24)/t14-,19+/m1/s1.